The lowest BCUT2D eigenvalue weighted by atomic mass is 10.1. The second-order valence-corrected chi connectivity index (χ2v) is 6.82. The van der Waals surface area contributed by atoms with Crippen molar-refractivity contribution in [2.75, 3.05) is 16.9 Å². The Kier molecular flexibility index (Phi) is 6.28. The predicted octanol–water partition coefficient (Wildman–Crippen LogP) is 5.03. The number of hydrogen-bond donors (Lipinski definition) is 3. The van der Waals surface area contributed by atoms with E-state index in [4.69, 9.17) is 5.41 Å². The fourth-order valence-electron chi connectivity index (χ4n) is 2.63. The summed E-state index contributed by atoms with van der Waals surface area (Å²) in [4.78, 5) is 13.7. The van der Waals surface area contributed by atoms with E-state index >= 15 is 0 Å². The van der Waals surface area contributed by atoms with Gasteiger partial charge in [-0.3, -0.25) is 10.2 Å². The summed E-state index contributed by atoms with van der Waals surface area (Å²) in [6.07, 6.45) is 2.05. The third kappa shape index (κ3) is 4.99. The zero-order valence-electron chi connectivity index (χ0n) is 15.0. The summed E-state index contributed by atoms with van der Waals surface area (Å²) in [5.74, 6) is -0.431. The van der Waals surface area contributed by atoms with Crippen molar-refractivity contribution >= 4 is 34.8 Å². The Morgan fingerprint density at radius 2 is 1.59 bits per heavy atom. The highest BCUT2D eigenvalue weighted by Crippen LogP contribution is 2.19. The van der Waals surface area contributed by atoms with Crippen molar-refractivity contribution in [2.24, 2.45) is 0 Å². The molecule has 3 aromatic rings. The topological polar surface area (TPSA) is 65.0 Å². The van der Waals surface area contributed by atoms with Gasteiger partial charge in [-0.25, -0.2) is 0 Å². The van der Waals surface area contributed by atoms with Crippen LogP contribution in [-0.2, 0) is 11.3 Å². The fourth-order valence-corrected chi connectivity index (χ4v) is 3.04. The molecule has 136 valence electrons. The number of hydrogen-bond acceptors (Lipinski definition) is 4. The Balaban J connectivity index is 1.70. The molecule has 0 aliphatic carbocycles. The normalized spacial score (nSPS) is 10.3. The van der Waals surface area contributed by atoms with E-state index in [2.05, 4.69) is 41.2 Å². The maximum Gasteiger partial charge on any atom is 0.274 e. The van der Waals surface area contributed by atoms with E-state index in [0.717, 1.165) is 11.3 Å². The van der Waals surface area contributed by atoms with Crippen molar-refractivity contribution in [3.05, 3.63) is 90.0 Å². The van der Waals surface area contributed by atoms with Crippen molar-refractivity contribution in [1.29, 1.82) is 5.41 Å². The molecule has 0 atom stereocenters. The maximum atomic E-state index is 12.4. The molecule has 0 aromatic heterocycles. The third-order valence-electron chi connectivity index (χ3n) is 4.10. The van der Waals surface area contributed by atoms with Crippen molar-refractivity contribution in [1.82, 2.24) is 0 Å². The van der Waals surface area contributed by atoms with Crippen LogP contribution in [0.25, 0.3) is 0 Å². The molecule has 0 aliphatic heterocycles. The van der Waals surface area contributed by atoms with Crippen LogP contribution < -0.4 is 10.6 Å². The molecule has 27 heavy (non-hydrogen) atoms. The first kappa shape index (κ1) is 18.7. The van der Waals surface area contributed by atoms with Gasteiger partial charge in [0.15, 0.2) is 0 Å². The van der Waals surface area contributed by atoms with Gasteiger partial charge in [0.25, 0.3) is 5.91 Å². The SMILES string of the molecule is CSc1ccc(CNc2ccccc2C(=N)C(=O)Nc2ccccc2)cc1. The van der Waals surface area contributed by atoms with Gasteiger partial charge >= 0.3 is 0 Å². The van der Waals surface area contributed by atoms with Crippen LogP contribution in [0.4, 0.5) is 11.4 Å². The number of anilines is 2. The highest BCUT2D eigenvalue weighted by atomic mass is 32.2. The molecule has 0 saturated carbocycles. The lowest BCUT2D eigenvalue weighted by molar-refractivity contribution is -0.110. The molecule has 0 radical (unpaired) electrons. The second kappa shape index (κ2) is 9.05. The number of para-hydroxylation sites is 2. The minimum Gasteiger partial charge on any atom is -0.380 e. The van der Waals surface area contributed by atoms with Gasteiger partial charge in [-0.15, -0.1) is 11.8 Å². The van der Waals surface area contributed by atoms with E-state index < -0.39 is 5.91 Å². The monoisotopic (exact) mass is 375 g/mol. The molecule has 3 aromatic carbocycles. The zero-order valence-corrected chi connectivity index (χ0v) is 15.8. The summed E-state index contributed by atoms with van der Waals surface area (Å²) in [6.45, 7) is 0.624. The summed E-state index contributed by atoms with van der Waals surface area (Å²) in [5.41, 5.74) is 3.08. The van der Waals surface area contributed by atoms with E-state index in [1.165, 1.54) is 4.90 Å². The quantitative estimate of drug-likeness (QED) is 0.401. The molecule has 0 heterocycles. The van der Waals surface area contributed by atoms with Gasteiger partial charge in [-0.05, 0) is 42.2 Å². The van der Waals surface area contributed by atoms with E-state index in [9.17, 15) is 4.79 Å². The Bertz CT molecular complexity index is 924. The fraction of sp³-hybridized carbons (Fsp3) is 0.0909. The summed E-state index contributed by atoms with van der Waals surface area (Å²) in [6, 6.07) is 24.9. The third-order valence-corrected chi connectivity index (χ3v) is 4.84. The molecule has 1 amide bonds. The van der Waals surface area contributed by atoms with Crippen LogP contribution >= 0.6 is 11.8 Å². The summed E-state index contributed by atoms with van der Waals surface area (Å²) < 4.78 is 0. The summed E-state index contributed by atoms with van der Waals surface area (Å²) in [5, 5.41) is 14.4. The number of carbonyl (C=O) groups is 1. The Labute approximate surface area is 163 Å². The lowest BCUT2D eigenvalue weighted by Crippen LogP contribution is -2.23. The van der Waals surface area contributed by atoms with Gasteiger partial charge in [0.05, 0.1) is 0 Å². The van der Waals surface area contributed by atoms with Gasteiger partial charge in [-0.2, -0.15) is 0 Å². The van der Waals surface area contributed by atoms with Crippen molar-refractivity contribution in [2.45, 2.75) is 11.4 Å². The predicted molar refractivity (Wildman–Crippen MR) is 114 cm³/mol. The molecule has 5 heteroatoms. The molecule has 0 aliphatic rings. The Morgan fingerprint density at radius 1 is 0.926 bits per heavy atom. The second-order valence-electron chi connectivity index (χ2n) is 5.94. The van der Waals surface area contributed by atoms with Gasteiger partial charge in [0.2, 0.25) is 0 Å². The molecular weight excluding hydrogens is 354 g/mol. The van der Waals surface area contributed by atoms with Crippen LogP contribution in [0.15, 0.2) is 83.8 Å². The Hall–Kier alpha value is -3.05. The van der Waals surface area contributed by atoms with Crippen LogP contribution in [-0.4, -0.2) is 17.9 Å². The molecule has 0 unspecified atom stereocenters. The molecule has 0 bridgehead atoms. The number of carbonyl (C=O) groups excluding carboxylic acids is 1. The first-order chi connectivity index (χ1) is 13.2. The van der Waals surface area contributed by atoms with Crippen LogP contribution in [0.2, 0.25) is 0 Å². The van der Waals surface area contributed by atoms with Gasteiger partial charge in [0, 0.05) is 28.4 Å². The van der Waals surface area contributed by atoms with Crippen molar-refractivity contribution in [3.8, 4) is 0 Å². The lowest BCUT2D eigenvalue weighted by Gasteiger charge is -2.13. The van der Waals surface area contributed by atoms with Gasteiger partial charge in [0.1, 0.15) is 5.71 Å². The number of rotatable bonds is 7. The van der Waals surface area contributed by atoms with Crippen molar-refractivity contribution in [3.63, 3.8) is 0 Å². The van der Waals surface area contributed by atoms with Crippen LogP contribution in [0, 0.1) is 5.41 Å². The molecule has 0 saturated heterocycles. The number of benzene rings is 3. The smallest absolute Gasteiger partial charge is 0.274 e. The maximum absolute atomic E-state index is 12.4. The number of amides is 1. The molecular formula is C22H21N3OS. The summed E-state index contributed by atoms with van der Waals surface area (Å²) in [7, 11) is 0. The first-order valence-electron chi connectivity index (χ1n) is 8.58. The van der Waals surface area contributed by atoms with Gasteiger partial charge in [-0.1, -0.05) is 48.5 Å². The van der Waals surface area contributed by atoms with Crippen LogP contribution in [0.5, 0.6) is 0 Å². The van der Waals surface area contributed by atoms with Crippen LogP contribution in [0.3, 0.4) is 0 Å². The highest BCUT2D eigenvalue weighted by Gasteiger charge is 2.15. The molecule has 0 fully saturated rings. The standard InChI is InChI=1S/C22H21N3OS/c1-27-18-13-11-16(12-14-18)15-24-20-10-6-5-9-19(20)21(23)22(26)25-17-7-3-2-4-8-17/h2-14,23-24H,15H2,1H3,(H,25,26). The average molecular weight is 375 g/mol. The minimum atomic E-state index is -0.431. The van der Waals surface area contributed by atoms with E-state index in [0.29, 0.717) is 17.8 Å². The highest BCUT2D eigenvalue weighted by molar-refractivity contribution is 7.98. The molecule has 0 spiro atoms. The largest absolute Gasteiger partial charge is 0.380 e. The van der Waals surface area contributed by atoms with E-state index in [1.54, 1.807) is 30.0 Å². The van der Waals surface area contributed by atoms with Gasteiger partial charge < -0.3 is 10.6 Å². The Morgan fingerprint density at radius 3 is 2.30 bits per heavy atom. The zero-order chi connectivity index (χ0) is 19.1. The van der Waals surface area contributed by atoms with E-state index in [1.807, 2.05) is 36.4 Å². The number of thioether (sulfide) groups is 1. The molecule has 3 N–H and O–H groups in total. The average Bonchev–Trinajstić information content (AvgIpc) is 2.73. The van der Waals surface area contributed by atoms with Crippen molar-refractivity contribution < 1.29 is 4.79 Å². The molecule has 3 rings (SSSR count). The van der Waals surface area contributed by atoms with Crippen LogP contribution in [0.1, 0.15) is 11.1 Å². The molecule has 4 nitrogen and oxygen atoms in total. The first-order valence-corrected chi connectivity index (χ1v) is 9.81. The number of nitrogens with one attached hydrogen (secondary N) is 3. The summed E-state index contributed by atoms with van der Waals surface area (Å²) >= 11 is 1.71. The minimum absolute atomic E-state index is 0.0697. The van der Waals surface area contributed by atoms with E-state index in [-0.39, 0.29) is 5.71 Å².